The molecule has 0 heterocycles. The van der Waals surface area contributed by atoms with Gasteiger partial charge >= 0.3 is 0 Å². The van der Waals surface area contributed by atoms with Crippen LogP contribution >= 0.6 is 0 Å². The van der Waals surface area contributed by atoms with E-state index in [1.54, 1.807) is 0 Å². The van der Waals surface area contributed by atoms with Crippen molar-refractivity contribution >= 4 is 0 Å². The van der Waals surface area contributed by atoms with Crippen LogP contribution in [-0.4, -0.2) is 19.3 Å². The first kappa shape index (κ1) is 12.1. The van der Waals surface area contributed by atoms with Crippen LogP contribution in [0.25, 0.3) is 0 Å². The molecule has 15 heavy (non-hydrogen) atoms. The van der Waals surface area contributed by atoms with Gasteiger partial charge in [0, 0.05) is 6.61 Å². The van der Waals surface area contributed by atoms with Gasteiger partial charge in [-0.3, -0.25) is 0 Å². The van der Waals surface area contributed by atoms with Crippen molar-refractivity contribution in [1.29, 1.82) is 0 Å². The fourth-order valence-electron chi connectivity index (χ4n) is 1.22. The average Bonchev–Trinajstić information content (AvgIpc) is 2.25. The van der Waals surface area contributed by atoms with Gasteiger partial charge in [-0.25, -0.2) is 0 Å². The first-order chi connectivity index (χ1) is 7.22. The van der Waals surface area contributed by atoms with E-state index in [2.05, 4.69) is 13.8 Å². The standard InChI is InChI=1S/C13H20O2/c1-4-9-14-12(3)10-15-13-7-5-11(2)6-8-13/h5-8,12H,4,9-10H2,1-3H3. The molecular formula is C13H20O2. The summed E-state index contributed by atoms with van der Waals surface area (Å²) in [6.07, 6.45) is 1.21. The van der Waals surface area contributed by atoms with Crippen LogP contribution in [0.15, 0.2) is 24.3 Å². The Labute approximate surface area is 92.2 Å². The van der Waals surface area contributed by atoms with Gasteiger partial charge in [-0.1, -0.05) is 24.6 Å². The Hall–Kier alpha value is -1.02. The molecule has 0 aliphatic heterocycles. The Morgan fingerprint density at radius 2 is 1.87 bits per heavy atom. The first-order valence-corrected chi connectivity index (χ1v) is 5.53. The summed E-state index contributed by atoms with van der Waals surface area (Å²) in [5.41, 5.74) is 1.25. The van der Waals surface area contributed by atoms with E-state index >= 15 is 0 Å². The smallest absolute Gasteiger partial charge is 0.119 e. The number of benzene rings is 1. The van der Waals surface area contributed by atoms with Crippen LogP contribution in [0.2, 0.25) is 0 Å². The van der Waals surface area contributed by atoms with Gasteiger partial charge in [0.2, 0.25) is 0 Å². The zero-order valence-electron chi connectivity index (χ0n) is 9.82. The molecule has 2 nitrogen and oxygen atoms in total. The predicted octanol–water partition coefficient (Wildman–Crippen LogP) is 3.19. The Bertz CT molecular complexity index is 266. The lowest BCUT2D eigenvalue weighted by Crippen LogP contribution is -2.18. The van der Waals surface area contributed by atoms with Gasteiger partial charge in [-0.15, -0.1) is 0 Å². The molecule has 0 radical (unpaired) electrons. The molecular weight excluding hydrogens is 188 g/mol. The normalized spacial score (nSPS) is 12.5. The molecule has 0 fully saturated rings. The molecule has 1 aromatic carbocycles. The SMILES string of the molecule is CCCOC(C)COc1ccc(C)cc1. The molecule has 0 amide bonds. The van der Waals surface area contributed by atoms with Crippen LogP contribution in [0.3, 0.4) is 0 Å². The lowest BCUT2D eigenvalue weighted by Gasteiger charge is -2.13. The third kappa shape index (κ3) is 4.84. The molecule has 0 N–H and O–H groups in total. The quantitative estimate of drug-likeness (QED) is 0.714. The highest BCUT2D eigenvalue weighted by molar-refractivity contribution is 5.26. The summed E-state index contributed by atoms with van der Waals surface area (Å²) in [5.74, 6) is 0.910. The van der Waals surface area contributed by atoms with E-state index in [9.17, 15) is 0 Å². The summed E-state index contributed by atoms with van der Waals surface area (Å²) in [6.45, 7) is 7.62. The topological polar surface area (TPSA) is 18.5 Å². The molecule has 0 spiro atoms. The fraction of sp³-hybridized carbons (Fsp3) is 0.538. The second-order valence-electron chi connectivity index (χ2n) is 3.81. The third-order valence-electron chi connectivity index (χ3n) is 2.11. The van der Waals surface area contributed by atoms with Gasteiger partial charge < -0.3 is 9.47 Å². The summed E-state index contributed by atoms with van der Waals surface area (Å²) < 4.78 is 11.1. The number of hydrogen-bond donors (Lipinski definition) is 0. The maximum atomic E-state index is 5.59. The number of hydrogen-bond acceptors (Lipinski definition) is 2. The highest BCUT2D eigenvalue weighted by atomic mass is 16.5. The molecule has 0 aliphatic carbocycles. The fourth-order valence-corrected chi connectivity index (χ4v) is 1.22. The molecule has 2 heteroatoms. The van der Waals surface area contributed by atoms with Gasteiger partial charge in [0.1, 0.15) is 12.4 Å². The van der Waals surface area contributed by atoms with E-state index in [1.807, 2.05) is 31.2 Å². The zero-order chi connectivity index (χ0) is 11.1. The lowest BCUT2D eigenvalue weighted by atomic mass is 10.2. The Kier molecular flexibility index (Phi) is 5.19. The maximum Gasteiger partial charge on any atom is 0.119 e. The van der Waals surface area contributed by atoms with Crippen molar-refractivity contribution in [3.05, 3.63) is 29.8 Å². The molecule has 0 saturated heterocycles. The number of rotatable bonds is 6. The maximum absolute atomic E-state index is 5.59. The van der Waals surface area contributed by atoms with Crippen LogP contribution in [-0.2, 0) is 4.74 Å². The Morgan fingerprint density at radius 1 is 1.20 bits per heavy atom. The third-order valence-corrected chi connectivity index (χ3v) is 2.11. The van der Waals surface area contributed by atoms with E-state index in [0.717, 1.165) is 18.8 Å². The summed E-state index contributed by atoms with van der Waals surface area (Å²) in [6, 6.07) is 8.07. The molecule has 1 rings (SSSR count). The minimum absolute atomic E-state index is 0.159. The molecule has 1 aromatic rings. The van der Waals surface area contributed by atoms with Crippen LogP contribution in [0, 0.1) is 6.92 Å². The zero-order valence-corrected chi connectivity index (χ0v) is 9.82. The molecule has 0 aliphatic rings. The molecule has 0 saturated carbocycles. The molecule has 1 atom stereocenters. The van der Waals surface area contributed by atoms with Crippen LogP contribution < -0.4 is 4.74 Å². The summed E-state index contributed by atoms with van der Waals surface area (Å²) in [5, 5.41) is 0. The van der Waals surface area contributed by atoms with Crippen molar-refractivity contribution in [1.82, 2.24) is 0 Å². The minimum Gasteiger partial charge on any atom is -0.491 e. The van der Waals surface area contributed by atoms with Crippen molar-refractivity contribution < 1.29 is 9.47 Å². The van der Waals surface area contributed by atoms with Gasteiger partial charge in [0.15, 0.2) is 0 Å². The highest BCUT2D eigenvalue weighted by Crippen LogP contribution is 2.11. The highest BCUT2D eigenvalue weighted by Gasteiger charge is 2.02. The second-order valence-corrected chi connectivity index (χ2v) is 3.81. The second kappa shape index (κ2) is 6.46. The largest absolute Gasteiger partial charge is 0.491 e. The Balaban J connectivity index is 2.27. The Morgan fingerprint density at radius 3 is 2.47 bits per heavy atom. The van der Waals surface area contributed by atoms with E-state index in [0.29, 0.717) is 6.61 Å². The monoisotopic (exact) mass is 208 g/mol. The van der Waals surface area contributed by atoms with Crippen molar-refractivity contribution in [2.24, 2.45) is 0 Å². The summed E-state index contributed by atoms with van der Waals surface area (Å²) in [4.78, 5) is 0. The molecule has 84 valence electrons. The van der Waals surface area contributed by atoms with Crippen LogP contribution in [0.1, 0.15) is 25.8 Å². The minimum atomic E-state index is 0.159. The van der Waals surface area contributed by atoms with Gasteiger partial charge in [-0.2, -0.15) is 0 Å². The van der Waals surface area contributed by atoms with E-state index < -0.39 is 0 Å². The van der Waals surface area contributed by atoms with Crippen LogP contribution in [0.4, 0.5) is 0 Å². The van der Waals surface area contributed by atoms with Gasteiger partial charge in [0.25, 0.3) is 0 Å². The summed E-state index contributed by atoms with van der Waals surface area (Å²) in [7, 11) is 0. The van der Waals surface area contributed by atoms with Gasteiger partial charge in [0.05, 0.1) is 6.10 Å². The van der Waals surface area contributed by atoms with Gasteiger partial charge in [-0.05, 0) is 32.4 Å². The average molecular weight is 208 g/mol. The van der Waals surface area contributed by atoms with E-state index in [1.165, 1.54) is 5.56 Å². The molecule has 0 aromatic heterocycles. The van der Waals surface area contributed by atoms with Crippen molar-refractivity contribution in [3.63, 3.8) is 0 Å². The first-order valence-electron chi connectivity index (χ1n) is 5.53. The molecule has 0 bridgehead atoms. The predicted molar refractivity (Wildman–Crippen MR) is 62.4 cm³/mol. The van der Waals surface area contributed by atoms with Crippen molar-refractivity contribution in [3.8, 4) is 5.75 Å². The lowest BCUT2D eigenvalue weighted by molar-refractivity contribution is 0.0327. The van der Waals surface area contributed by atoms with Crippen molar-refractivity contribution in [2.45, 2.75) is 33.3 Å². The van der Waals surface area contributed by atoms with Crippen LogP contribution in [0.5, 0.6) is 5.75 Å². The number of ether oxygens (including phenoxy) is 2. The summed E-state index contributed by atoms with van der Waals surface area (Å²) >= 11 is 0. The molecule has 1 unspecified atom stereocenters. The van der Waals surface area contributed by atoms with Crippen molar-refractivity contribution in [2.75, 3.05) is 13.2 Å². The number of aryl methyl sites for hydroxylation is 1. The van der Waals surface area contributed by atoms with E-state index in [-0.39, 0.29) is 6.10 Å². The van der Waals surface area contributed by atoms with E-state index in [4.69, 9.17) is 9.47 Å².